The second-order valence-corrected chi connectivity index (χ2v) is 3.78. The van der Waals surface area contributed by atoms with Gasteiger partial charge in [-0.2, -0.15) is 0 Å². The Balaban J connectivity index is 3.19. The Kier molecular flexibility index (Phi) is 5.02. The Hall–Kier alpha value is -1.32. The number of azide groups is 1. The fourth-order valence-corrected chi connectivity index (χ4v) is 1.63. The van der Waals surface area contributed by atoms with Gasteiger partial charge in [0.15, 0.2) is 5.15 Å². The van der Waals surface area contributed by atoms with Gasteiger partial charge in [0.25, 0.3) is 0 Å². The third-order valence-electron chi connectivity index (χ3n) is 2.08. The first-order chi connectivity index (χ1) is 7.72. The third kappa shape index (κ3) is 3.08. The first-order valence-corrected chi connectivity index (χ1v) is 5.71. The van der Waals surface area contributed by atoms with Gasteiger partial charge in [-0.15, -0.1) is 0 Å². The summed E-state index contributed by atoms with van der Waals surface area (Å²) in [5, 5.41) is 3.98. The molecule has 0 atom stereocenters. The summed E-state index contributed by atoms with van der Waals surface area (Å²) in [6.07, 6.45) is 3.29. The quantitative estimate of drug-likeness (QED) is 0.443. The lowest BCUT2D eigenvalue weighted by molar-refractivity contribution is 0.829. The zero-order valence-corrected chi connectivity index (χ0v) is 10.2. The Labute approximate surface area is 99.5 Å². The van der Waals surface area contributed by atoms with Crippen molar-refractivity contribution in [2.24, 2.45) is 5.11 Å². The highest BCUT2D eigenvalue weighted by molar-refractivity contribution is 6.30. The highest BCUT2D eigenvalue weighted by atomic mass is 35.5. The van der Waals surface area contributed by atoms with Crippen molar-refractivity contribution >= 4 is 17.4 Å². The topological polar surface area (TPSA) is 74.5 Å². The molecule has 1 aromatic heterocycles. The van der Waals surface area contributed by atoms with Crippen LogP contribution in [0.15, 0.2) is 5.11 Å². The number of nitrogens with zero attached hydrogens (tertiary/aromatic N) is 5. The number of halogens is 1. The number of aryl methyl sites for hydroxylation is 2. The molecule has 0 saturated carbocycles. The van der Waals surface area contributed by atoms with Gasteiger partial charge in [0.2, 0.25) is 0 Å². The summed E-state index contributed by atoms with van der Waals surface area (Å²) in [5.41, 5.74) is 9.83. The van der Waals surface area contributed by atoms with E-state index in [9.17, 15) is 0 Å². The van der Waals surface area contributed by atoms with Gasteiger partial charge in [-0.1, -0.05) is 38.3 Å². The molecule has 16 heavy (non-hydrogen) atoms. The lowest BCUT2D eigenvalue weighted by Crippen LogP contribution is -1.99. The molecule has 0 fully saturated rings. The maximum Gasteiger partial charge on any atom is 0.150 e. The van der Waals surface area contributed by atoms with Gasteiger partial charge in [-0.3, -0.25) is 0 Å². The Morgan fingerprint density at radius 3 is 2.38 bits per heavy atom. The monoisotopic (exact) mass is 239 g/mol. The van der Waals surface area contributed by atoms with E-state index in [0.717, 1.165) is 19.3 Å². The Morgan fingerprint density at radius 2 is 1.81 bits per heavy atom. The Bertz CT molecular complexity index is 412. The van der Waals surface area contributed by atoms with Crippen LogP contribution in [0.4, 0.5) is 5.82 Å². The first kappa shape index (κ1) is 12.7. The molecule has 0 radical (unpaired) electrons. The third-order valence-corrected chi connectivity index (χ3v) is 2.39. The van der Waals surface area contributed by atoms with E-state index in [1.54, 1.807) is 0 Å². The molecule has 1 rings (SSSR count). The normalized spacial score (nSPS) is 9.94. The van der Waals surface area contributed by atoms with Crippen LogP contribution >= 0.6 is 11.6 Å². The van der Waals surface area contributed by atoms with Crippen molar-refractivity contribution in [2.45, 2.75) is 39.5 Å². The van der Waals surface area contributed by atoms with Crippen LogP contribution in [0, 0.1) is 0 Å². The van der Waals surface area contributed by atoms with Crippen LogP contribution in [-0.4, -0.2) is 9.97 Å². The molecule has 5 nitrogen and oxygen atoms in total. The molecule has 0 amide bonds. The van der Waals surface area contributed by atoms with Crippen LogP contribution in [-0.2, 0) is 12.8 Å². The lowest BCUT2D eigenvalue weighted by atomic mass is 10.2. The van der Waals surface area contributed by atoms with Gasteiger partial charge < -0.3 is 0 Å². The van der Waals surface area contributed by atoms with Crippen LogP contribution < -0.4 is 0 Å². The number of hydrogen-bond acceptors (Lipinski definition) is 3. The van der Waals surface area contributed by atoms with Gasteiger partial charge in [-0.25, -0.2) is 9.97 Å². The minimum Gasteiger partial charge on any atom is -0.246 e. The van der Waals surface area contributed by atoms with Crippen LogP contribution in [0.3, 0.4) is 0 Å². The molecule has 6 heteroatoms. The maximum atomic E-state index is 8.46. The molecular formula is C10H14ClN5. The predicted molar refractivity (Wildman–Crippen MR) is 63.8 cm³/mol. The maximum absolute atomic E-state index is 8.46. The van der Waals surface area contributed by atoms with Crippen LogP contribution in [0.2, 0.25) is 5.15 Å². The number of aromatic nitrogens is 2. The zero-order valence-electron chi connectivity index (χ0n) is 9.44. The molecule has 0 saturated heterocycles. The molecular weight excluding hydrogens is 226 g/mol. The second-order valence-electron chi connectivity index (χ2n) is 3.42. The van der Waals surface area contributed by atoms with Crippen molar-refractivity contribution in [3.63, 3.8) is 0 Å². The van der Waals surface area contributed by atoms with Crippen molar-refractivity contribution in [2.75, 3.05) is 0 Å². The summed E-state index contributed by atoms with van der Waals surface area (Å²) in [4.78, 5) is 11.3. The average molecular weight is 240 g/mol. The largest absolute Gasteiger partial charge is 0.246 e. The SMILES string of the molecule is CCCc1nc(N=[N+]=[N-])c(CCC)nc1Cl. The number of rotatable bonds is 5. The molecule has 0 aromatic carbocycles. The highest BCUT2D eigenvalue weighted by Gasteiger charge is 2.10. The minimum atomic E-state index is 0.359. The summed E-state index contributed by atoms with van der Waals surface area (Å²) in [6, 6.07) is 0. The van der Waals surface area contributed by atoms with E-state index < -0.39 is 0 Å². The van der Waals surface area contributed by atoms with E-state index in [2.05, 4.69) is 20.0 Å². The highest BCUT2D eigenvalue weighted by Crippen LogP contribution is 2.22. The summed E-state index contributed by atoms with van der Waals surface area (Å²) < 4.78 is 0. The second kappa shape index (κ2) is 6.30. The molecule has 1 aromatic rings. The van der Waals surface area contributed by atoms with Crippen LogP contribution in [0.1, 0.15) is 38.1 Å². The summed E-state index contributed by atoms with van der Waals surface area (Å²) in [6.45, 7) is 4.06. The van der Waals surface area contributed by atoms with Crippen molar-refractivity contribution in [1.29, 1.82) is 0 Å². The summed E-state index contributed by atoms with van der Waals surface area (Å²) >= 11 is 6.01. The van der Waals surface area contributed by atoms with E-state index in [1.807, 2.05) is 13.8 Å². The van der Waals surface area contributed by atoms with E-state index in [0.29, 0.717) is 28.8 Å². The van der Waals surface area contributed by atoms with Crippen LogP contribution in [0.25, 0.3) is 10.4 Å². The molecule has 0 aliphatic rings. The van der Waals surface area contributed by atoms with E-state index in [4.69, 9.17) is 17.1 Å². The average Bonchev–Trinajstić information content (AvgIpc) is 2.25. The minimum absolute atomic E-state index is 0.359. The van der Waals surface area contributed by atoms with Crippen LogP contribution in [0.5, 0.6) is 0 Å². The summed E-state index contributed by atoms with van der Waals surface area (Å²) in [7, 11) is 0. The van der Waals surface area contributed by atoms with Gasteiger partial charge >= 0.3 is 0 Å². The van der Waals surface area contributed by atoms with Crippen molar-refractivity contribution in [1.82, 2.24) is 9.97 Å². The molecule has 86 valence electrons. The van der Waals surface area contributed by atoms with Gasteiger partial charge in [-0.05, 0) is 23.5 Å². The molecule has 0 N–H and O–H groups in total. The first-order valence-electron chi connectivity index (χ1n) is 5.33. The molecule has 0 unspecified atom stereocenters. The van der Waals surface area contributed by atoms with Gasteiger partial charge in [0, 0.05) is 4.91 Å². The van der Waals surface area contributed by atoms with Gasteiger partial charge in [0.05, 0.1) is 11.4 Å². The van der Waals surface area contributed by atoms with Gasteiger partial charge in [0.1, 0.15) is 5.82 Å². The molecule has 0 aliphatic heterocycles. The molecule has 0 aliphatic carbocycles. The molecule has 1 heterocycles. The fourth-order valence-electron chi connectivity index (χ4n) is 1.39. The predicted octanol–water partition coefficient (Wildman–Crippen LogP) is 3.98. The van der Waals surface area contributed by atoms with Crippen molar-refractivity contribution in [3.8, 4) is 0 Å². The fraction of sp³-hybridized carbons (Fsp3) is 0.600. The van der Waals surface area contributed by atoms with Crippen molar-refractivity contribution in [3.05, 3.63) is 27.0 Å². The summed E-state index contributed by atoms with van der Waals surface area (Å²) in [5.74, 6) is 0.359. The molecule has 0 bridgehead atoms. The van der Waals surface area contributed by atoms with E-state index >= 15 is 0 Å². The van der Waals surface area contributed by atoms with E-state index in [1.165, 1.54) is 0 Å². The number of hydrogen-bond donors (Lipinski definition) is 0. The molecule has 0 spiro atoms. The lowest BCUT2D eigenvalue weighted by Gasteiger charge is -2.07. The van der Waals surface area contributed by atoms with Crippen molar-refractivity contribution < 1.29 is 0 Å². The zero-order chi connectivity index (χ0) is 12.0. The van der Waals surface area contributed by atoms with E-state index in [-0.39, 0.29) is 0 Å². The smallest absolute Gasteiger partial charge is 0.150 e. The standard InChI is InChI=1S/C10H14ClN5/c1-3-5-7-9(11)13-8(6-4-2)10(14-7)15-16-12/h3-6H2,1-2H3. The Morgan fingerprint density at radius 1 is 1.19 bits per heavy atom.